The molecule has 1 aromatic heterocycles. The van der Waals surface area contributed by atoms with E-state index in [1.54, 1.807) is 20.8 Å². The lowest BCUT2D eigenvalue weighted by Gasteiger charge is -2.11. The molecule has 0 aromatic carbocycles. The van der Waals surface area contributed by atoms with E-state index in [2.05, 4.69) is 9.40 Å². The number of nitrogens with zero attached hydrogens (tertiary/aromatic N) is 1. The molecule has 0 aliphatic carbocycles. The minimum atomic E-state index is -4.81. The summed E-state index contributed by atoms with van der Waals surface area (Å²) in [6.45, 7) is 4.75. The summed E-state index contributed by atoms with van der Waals surface area (Å²) in [6.07, 6.45) is -4.81. The van der Waals surface area contributed by atoms with Crippen LogP contribution in [0.2, 0.25) is 0 Å². The minimum Gasteiger partial charge on any atom is -0.415 e. The van der Waals surface area contributed by atoms with E-state index in [1.165, 1.54) is 0 Å². The second-order valence-electron chi connectivity index (χ2n) is 3.89. The van der Waals surface area contributed by atoms with Gasteiger partial charge in [-0.3, -0.25) is 0 Å². The van der Waals surface area contributed by atoms with Crippen LogP contribution in [-0.2, 0) is 11.6 Å². The van der Waals surface area contributed by atoms with E-state index in [9.17, 15) is 17.6 Å². The summed E-state index contributed by atoms with van der Waals surface area (Å²) in [5.74, 6) is -0.262. The van der Waals surface area contributed by atoms with Gasteiger partial charge in [0.15, 0.2) is 0 Å². The van der Waals surface area contributed by atoms with Crippen molar-refractivity contribution < 1.29 is 22.0 Å². The number of halogens is 4. The standard InChI is InChI=1S/C8H9F4NO/c1-7(2,3)6-13-4(5(9)14-6)8(10,11)12/h1-3H3. The molecule has 0 unspecified atom stereocenters. The molecule has 14 heavy (non-hydrogen) atoms. The molecule has 1 aromatic rings. The highest BCUT2D eigenvalue weighted by Crippen LogP contribution is 2.33. The van der Waals surface area contributed by atoms with Gasteiger partial charge >= 0.3 is 12.2 Å². The van der Waals surface area contributed by atoms with E-state index in [0.29, 0.717) is 0 Å². The van der Waals surface area contributed by atoms with Gasteiger partial charge in [-0.1, -0.05) is 20.8 Å². The SMILES string of the molecule is CC(C)(C)c1nc(C(F)(F)F)c(F)o1. The Balaban J connectivity index is 3.19. The van der Waals surface area contributed by atoms with E-state index in [0.717, 1.165) is 0 Å². The van der Waals surface area contributed by atoms with E-state index in [4.69, 9.17) is 0 Å². The fraction of sp³-hybridized carbons (Fsp3) is 0.625. The molecule has 0 fully saturated rings. The first-order valence-corrected chi connectivity index (χ1v) is 3.86. The molecule has 0 atom stereocenters. The number of hydrogen-bond acceptors (Lipinski definition) is 2. The summed E-state index contributed by atoms with van der Waals surface area (Å²) >= 11 is 0. The summed E-state index contributed by atoms with van der Waals surface area (Å²) in [4.78, 5) is 3.09. The summed E-state index contributed by atoms with van der Waals surface area (Å²) in [5.41, 5.74) is -2.34. The Morgan fingerprint density at radius 2 is 1.64 bits per heavy atom. The average molecular weight is 211 g/mol. The van der Waals surface area contributed by atoms with E-state index >= 15 is 0 Å². The van der Waals surface area contributed by atoms with Crippen molar-refractivity contribution in [1.82, 2.24) is 4.98 Å². The lowest BCUT2D eigenvalue weighted by atomic mass is 9.97. The predicted octanol–water partition coefficient (Wildman–Crippen LogP) is 3.13. The molecule has 0 bridgehead atoms. The maximum Gasteiger partial charge on any atom is 0.439 e. The lowest BCUT2D eigenvalue weighted by Crippen LogP contribution is -2.13. The van der Waals surface area contributed by atoms with Crippen molar-refractivity contribution in [3.8, 4) is 0 Å². The van der Waals surface area contributed by atoms with Gasteiger partial charge in [0.25, 0.3) is 0 Å². The van der Waals surface area contributed by atoms with Crippen LogP contribution in [0.15, 0.2) is 4.42 Å². The van der Waals surface area contributed by atoms with Crippen LogP contribution in [0, 0.1) is 6.01 Å². The second-order valence-corrected chi connectivity index (χ2v) is 3.89. The zero-order chi connectivity index (χ0) is 11.1. The summed E-state index contributed by atoms with van der Waals surface area (Å²) in [7, 11) is 0. The fourth-order valence-corrected chi connectivity index (χ4v) is 0.797. The molecule has 0 amide bonds. The van der Waals surface area contributed by atoms with Gasteiger partial charge in [0.1, 0.15) is 0 Å². The molecule has 0 spiro atoms. The number of aromatic nitrogens is 1. The normalized spacial score (nSPS) is 13.4. The van der Waals surface area contributed by atoms with Crippen molar-refractivity contribution in [2.45, 2.75) is 32.4 Å². The quantitative estimate of drug-likeness (QED) is 0.616. The maximum absolute atomic E-state index is 12.7. The van der Waals surface area contributed by atoms with Crippen LogP contribution in [-0.4, -0.2) is 4.98 Å². The van der Waals surface area contributed by atoms with Gasteiger partial charge in [-0.15, -0.1) is 0 Å². The van der Waals surface area contributed by atoms with Gasteiger partial charge in [-0.25, -0.2) is 4.98 Å². The number of oxazole rings is 1. The first-order valence-electron chi connectivity index (χ1n) is 3.86. The first kappa shape index (κ1) is 11.0. The summed E-state index contributed by atoms with van der Waals surface area (Å²) < 4.78 is 53.3. The van der Waals surface area contributed by atoms with Crippen molar-refractivity contribution in [3.05, 3.63) is 17.6 Å². The minimum absolute atomic E-state index is 0.262. The zero-order valence-corrected chi connectivity index (χ0v) is 7.87. The number of hydrogen-bond donors (Lipinski definition) is 0. The molecule has 0 aliphatic rings. The van der Waals surface area contributed by atoms with Gasteiger partial charge in [0.2, 0.25) is 11.6 Å². The van der Waals surface area contributed by atoms with Crippen LogP contribution in [0.4, 0.5) is 17.6 Å². The van der Waals surface area contributed by atoms with Crippen LogP contribution in [0.3, 0.4) is 0 Å². The molecule has 0 aliphatic heterocycles. The third-order valence-corrected chi connectivity index (χ3v) is 1.50. The molecule has 1 heterocycles. The van der Waals surface area contributed by atoms with Crippen molar-refractivity contribution in [1.29, 1.82) is 0 Å². The highest BCUT2D eigenvalue weighted by Gasteiger charge is 2.40. The fourth-order valence-electron chi connectivity index (χ4n) is 0.797. The van der Waals surface area contributed by atoms with Gasteiger partial charge in [0.05, 0.1) is 0 Å². The molecular formula is C8H9F4NO. The van der Waals surface area contributed by atoms with E-state index in [1.807, 2.05) is 0 Å². The molecule has 6 heteroatoms. The largest absolute Gasteiger partial charge is 0.439 e. The van der Waals surface area contributed by atoms with Crippen LogP contribution in [0.1, 0.15) is 32.4 Å². The predicted molar refractivity (Wildman–Crippen MR) is 40.2 cm³/mol. The van der Waals surface area contributed by atoms with Crippen molar-refractivity contribution in [3.63, 3.8) is 0 Å². The number of alkyl halides is 3. The Labute approximate surface area is 77.9 Å². The molecule has 0 saturated carbocycles. The summed E-state index contributed by atoms with van der Waals surface area (Å²) in [6, 6.07) is -1.68. The van der Waals surface area contributed by atoms with Gasteiger partial charge < -0.3 is 4.42 Å². The maximum atomic E-state index is 12.7. The molecule has 80 valence electrons. The third kappa shape index (κ3) is 2.05. The van der Waals surface area contributed by atoms with Gasteiger partial charge in [0, 0.05) is 5.41 Å². The highest BCUT2D eigenvalue weighted by atomic mass is 19.4. The highest BCUT2D eigenvalue weighted by molar-refractivity contribution is 5.08. The first-order chi connectivity index (χ1) is 6.12. The van der Waals surface area contributed by atoms with Gasteiger partial charge in [-0.05, 0) is 0 Å². The second kappa shape index (κ2) is 2.96. The Hall–Kier alpha value is -1.07. The monoisotopic (exact) mass is 211 g/mol. The Kier molecular flexibility index (Phi) is 2.33. The van der Waals surface area contributed by atoms with Crippen LogP contribution >= 0.6 is 0 Å². The topological polar surface area (TPSA) is 26.0 Å². The third-order valence-electron chi connectivity index (χ3n) is 1.50. The van der Waals surface area contributed by atoms with Crippen molar-refractivity contribution in [2.24, 2.45) is 0 Å². The summed E-state index contributed by atoms with van der Waals surface area (Å²) in [5, 5.41) is 0. The smallest absolute Gasteiger partial charge is 0.415 e. The molecular weight excluding hydrogens is 202 g/mol. The zero-order valence-electron chi connectivity index (χ0n) is 7.87. The molecule has 0 N–H and O–H groups in total. The van der Waals surface area contributed by atoms with E-state index in [-0.39, 0.29) is 5.89 Å². The number of rotatable bonds is 0. The molecule has 1 rings (SSSR count). The Morgan fingerprint density at radius 1 is 1.14 bits per heavy atom. The lowest BCUT2D eigenvalue weighted by molar-refractivity contribution is -0.144. The average Bonchev–Trinajstić information content (AvgIpc) is 2.27. The van der Waals surface area contributed by atoms with Gasteiger partial charge in [-0.2, -0.15) is 17.6 Å². The van der Waals surface area contributed by atoms with E-state index < -0.39 is 23.3 Å². The van der Waals surface area contributed by atoms with Crippen molar-refractivity contribution >= 4 is 0 Å². The Bertz CT molecular complexity index is 334. The van der Waals surface area contributed by atoms with Crippen LogP contribution in [0.5, 0.6) is 0 Å². The van der Waals surface area contributed by atoms with Crippen LogP contribution < -0.4 is 0 Å². The van der Waals surface area contributed by atoms with Crippen LogP contribution in [0.25, 0.3) is 0 Å². The van der Waals surface area contributed by atoms with Crippen molar-refractivity contribution in [2.75, 3.05) is 0 Å². The Morgan fingerprint density at radius 3 is 1.86 bits per heavy atom. The molecule has 0 saturated heterocycles. The molecule has 2 nitrogen and oxygen atoms in total. The molecule has 0 radical (unpaired) electrons.